The summed E-state index contributed by atoms with van der Waals surface area (Å²) in [7, 11) is 1.86. The van der Waals surface area contributed by atoms with Crippen LogP contribution in [-0.2, 0) is 30.7 Å². The van der Waals surface area contributed by atoms with Crippen molar-refractivity contribution in [2.24, 2.45) is 0 Å². The van der Waals surface area contributed by atoms with Crippen molar-refractivity contribution < 1.29 is 4.79 Å². The second-order valence-corrected chi connectivity index (χ2v) is 10.2. The SMILES string of the molecule is CN(C(=O)Cn1c(=O)n(Cc2ccccc2)c(=O)c2c3c(sc21)CCC3)C1CCCCC1. The van der Waals surface area contributed by atoms with Gasteiger partial charge in [0.1, 0.15) is 11.4 Å². The van der Waals surface area contributed by atoms with Crippen molar-refractivity contribution in [2.75, 3.05) is 7.05 Å². The lowest BCUT2D eigenvalue weighted by Gasteiger charge is -2.31. The summed E-state index contributed by atoms with van der Waals surface area (Å²) in [5.74, 6) is -0.0567. The Morgan fingerprint density at radius 3 is 2.53 bits per heavy atom. The Morgan fingerprint density at radius 1 is 1.03 bits per heavy atom. The van der Waals surface area contributed by atoms with Crippen LogP contribution < -0.4 is 11.2 Å². The summed E-state index contributed by atoms with van der Waals surface area (Å²) >= 11 is 1.52. The van der Waals surface area contributed by atoms with Gasteiger partial charge in [0.05, 0.1) is 11.9 Å². The fourth-order valence-corrected chi connectivity index (χ4v) is 6.59. The molecule has 0 radical (unpaired) electrons. The highest BCUT2D eigenvalue weighted by molar-refractivity contribution is 7.19. The van der Waals surface area contributed by atoms with Crippen molar-refractivity contribution in [3.63, 3.8) is 0 Å². The molecule has 0 bridgehead atoms. The number of amides is 1. The number of fused-ring (bicyclic) bond motifs is 3. The van der Waals surface area contributed by atoms with E-state index in [1.165, 1.54) is 27.2 Å². The highest BCUT2D eigenvalue weighted by Crippen LogP contribution is 2.35. The van der Waals surface area contributed by atoms with Crippen LogP contribution in [0.1, 0.15) is 54.5 Å². The van der Waals surface area contributed by atoms with Crippen LogP contribution in [0.15, 0.2) is 39.9 Å². The quantitative estimate of drug-likeness (QED) is 0.596. The van der Waals surface area contributed by atoms with E-state index in [-0.39, 0.29) is 30.6 Å². The molecule has 1 saturated carbocycles. The Morgan fingerprint density at radius 2 is 1.78 bits per heavy atom. The number of benzene rings is 1. The first-order valence-corrected chi connectivity index (χ1v) is 12.4. The predicted molar refractivity (Wildman–Crippen MR) is 128 cm³/mol. The molecule has 2 heterocycles. The summed E-state index contributed by atoms with van der Waals surface area (Å²) in [6.07, 6.45) is 8.40. The van der Waals surface area contributed by atoms with E-state index in [2.05, 4.69) is 0 Å². The van der Waals surface area contributed by atoms with E-state index < -0.39 is 5.69 Å². The number of likely N-dealkylation sites (N-methyl/N-ethyl adjacent to an activating group) is 1. The van der Waals surface area contributed by atoms with Gasteiger partial charge < -0.3 is 4.90 Å². The summed E-state index contributed by atoms with van der Waals surface area (Å²) in [6.45, 7) is 0.197. The standard InChI is InChI=1S/C25H29N3O3S/c1-26(18-11-6-3-7-12-18)21(29)16-28-24-22(19-13-8-14-20(19)32-24)23(30)27(25(28)31)15-17-9-4-2-5-10-17/h2,4-5,9-10,18H,3,6-8,11-16H2,1H3. The topological polar surface area (TPSA) is 64.3 Å². The molecule has 32 heavy (non-hydrogen) atoms. The summed E-state index contributed by atoms with van der Waals surface area (Å²) in [4.78, 5) is 43.9. The molecule has 5 rings (SSSR count). The molecule has 0 aliphatic heterocycles. The maximum atomic E-state index is 13.5. The van der Waals surface area contributed by atoms with Crippen molar-refractivity contribution in [3.8, 4) is 0 Å². The minimum absolute atomic E-state index is 0.0171. The van der Waals surface area contributed by atoms with Gasteiger partial charge in [0.25, 0.3) is 5.56 Å². The molecule has 6 nitrogen and oxygen atoms in total. The number of nitrogens with zero attached hydrogens (tertiary/aromatic N) is 3. The summed E-state index contributed by atoms with van der Waals surface area (Å²) in [6, 6.07) is 9.80. The Hall–Kier alpha value is -2.67. The molecule has 0 atom stereocenters. The summed E-state index contributed by atoms with van der Waals surface area (Å²) in [5, 5.41) is 0.645. The van der Waals surface area contributed by atoms with E-state index in [4.69, 9.17) is 0 Å². The number of carbonyl (C=O) groups excluding carboxylic acids is 1. The number of aromatic nitrogens is 2. The first-order valence-electron chi connectivity index (χ1n) is 11.6. The van der Waals surface area contributed by atoms with Crippen LogP contribution in [-0.4, -0.2) is 33.0 Å². The average Bonchev–Trinajstić information content (AvgIpc) is 3.41. The van der Waals surface area contributed by atoms with Crippen molar-refractivity contribution >= 4 is 27.5 Å². The van der Waals surface area contributed by atoms with Crippen LogP contribution in [0.5, 0.6) is 0 Å². The van der Waals surface area contributed by atoms with Gasteiger partial charge in [-0.2, -0.15) is 0 Å². The molecule has 1 aromatic carbocycles. The second-order valence-electron chi connectivity index (χ2n) is 9.08. The monoisotopic (exact) mass is 451 g/mol. The van der Waals surface area contributed by atoms with Gasteiger partial charge >= 0.3 is 5.69 Å². The van der Waals surface area contributed by atoms with Gasteiger partial charge in [0, 0.05) is 18.0 Å². The molecule has 2 aliphatic carbocycles. The molecular weight excluding hydrogens is 422 g/mol. The predicted octanol–water partition coefficient (Wildman–Crippen LogP) is 3.55. The Labute approximate surface area is 191 Å². The number of aryl methyl sites for hydroxylation is 2. The molecule has 2 aromatic heterocycles. The van der Waals surface area contributed by atoms with Gasteiger partial charge in [-0.3, -0.25) is 18.7 Å². The number of hydrogen-bond donors (Lipinski definition) is 0. The van der Waals surface area contributed by atoms with Crippen molar-refractivity contribution in [2.45, 2.75) is 70.5 Å². The van der Waals surface area contributed by atoms with Crippen LogP contribution in [0.4, 0.5) is 0 Å². The first kappa shape index (κ1) is 21.2. The van der Waals surface area contributed by atoms with Gasteiger partial charge in [-0.1, -0.05) is 49.6 Å². The smallest absolute Gasteiger partial charge is 0.332 e. The zero-order chi connectivity index (χ0) is 22.2. The zero-order valence-corrected chi connectivity index (χ0v) is 19.3. The lowest BCUT2D eigenvalue weighted by molar-refractivity contribution is -0.133. The van der Waals surface area contributed by atoms with E-state index >= 15 is 0 Å². The third kappa shape index (κ3) is 3.72. The molecular formula is C25H29N3O3S. The van der Waals surface area contributed by atoms with E-state index in [1.807, 2.05) is 42.3 Å². The highest BCUT2D eigenvalue weighted by Gasteiger charge is 2.27. The Balaban J connectivity index is 1.59. The molecule has 0 spiro atoms. The van der Waals surface area contributed by atoms with Gasteiger partial charge in [-0.15, -0.1) is 11.3 Å². The lowest BCUT2D eigenvalue weighted by atomic mass is 9.94. The Bertz CT molecular complexity index is 1270. The van der Waals surface area contributed by atoms with Crippen molar-refractivity contribution in [3.05, 3.63) is 67.2 Å². The lowest BCUT2D eigenvalue weighted by Crippen LogP contribution is -2.45. The van der Waals surface area contributed by atoms with E-state index in [0.29, 0.717) is 10.2 Å². The number of rotatable bonds is 5. The van der Waals surface area contributed by atoms with Crippen LogP contribution in [0.25, 0.3) is 10.2 Å². The first-order chi connectivity index (χ1) is 15.5. The summed E-state index contributed by atoms with van der Waals surface area (Å²) in [5.41, 5.74) is 1.36. The van der Waals surface area contributed by atoms with Crippen molar-refractivity contribution in [1.82, 2.24) is 14.0 Å². The normalized spacial score (nSPS) is 16.4. The number of carbonyl (C=O) groups is 1. The molecule has 1 fully saturated rings. The van der Waals surface area contributed by atoms with Gasteiger partial charge in [0.2, 0.25) is 5.91 Å². The van der Waals surface area contributed by atoms with Crippen molar-refractivity contribution in [1.29, 1.82) is 0 Å². The maximum absolute atomic E-state index is 13.5. The fraction of sp³-hybridized carbons (Fsp3) is 0.480. The largest absolute Gasteiger partial charge is 0.341 e. The van der Waals surface area contributed by atoms with Gasteiger partial charge in [-0.25, -0.2) is 4.79 Å². The average molecular weight is 452 g/mol. The van der Waals surface area contributed by atoms with Crippen LogP contribution in [0.3, 0.4) is 0 Å². The second kappa shape index (κ2) is 8.70. The molecule has 0 N–H and O–H groups in total. The molecule has 3 aromatic rings. The Kier molecular flexibility index (Phi) is 5.76. The van der Waals surface area contributed by atoms with Gasteiger partial charge in [0.15, 0.2) is 0 Å². The summed E-state index contributed by atoms with van der Waals surface area (Å²) < 4.78 is 2.88. The minimum Gasteiger partial charge on any atom is -0.341 e. The maximum Gasteiger partial charge on any atom is 0.332 e. The van der Waals surface area contributed by atoms with E-state index in [0.717, 1.165) is 56.1 Å². The fourth-order valence-electron chi connectivity index (χ4n) is 5.22. The van der Waals surface area contributed by atoms with Gasteiger partial charge in [-0.05, 0) is 43.2 Å². The van der Waals surface area contributed by atoms with Crippen LogP contribution >= 0.6 is 11.3 Å². The zero-order valence-electron chi connectivity index (χ0n) is 18.5. The van der Waals surface area contributed by atoms with E-state index in [9.17, 15) is 14.4 Å². The van der Waals surface area contributed by atoms with Crippen LogP contribution in [0.2, 0.25) is 0 Å². The third-order valence-corrected chi connectivity index (χ3v) is 8.38. The van der Waals surface area contributed by atoms with Crippen LogP contribution in [0, 0.1) is 0 Å². The van der Waals surface area contributed by atoms with E-state index in [1.54, 1.807) is 4.57 Å². The molecule has 0 saturated heterocycles. The molecule has 0 unspecified atom stereocenters. The number of hydrogen-bond acceptors (Lipinski definition) is 4. The molecule has 2 aliphatic rings. The highest BCUT2D eigenvalue weighted by atomic mass is 32.1. The number of thiophene rings is 1. The minimum atomic E-state index is -0.392. The molecule has 7 heteroatoms. The molecule has 1 amide bonds. The third-order valence-electron chi connectivity index (χ3n) is 7.06. The molecule has 168 valence electrons.